The maximum Gasteiger partial charge on any atom is 0.0829 e. The van der Waals surface area contributed by atoms with Crippen LogP contribution in [0.3, 0.4) is 0 Å². The van der Waals surface area contributed by atoms with E-state index in [9.17, 15) is 0 Å². The number of rotatable bonds is 7. The second kappa shape index (κ2) is 8.06. The smallest absolute Gasteiger partial charge is 0.0829 e. The summed E-state index contributed by atoms with van der Waals surface area (Å²) in [5.41, 5.74) is 0. The summed E-state index contributed by atoms with van der Waals surface area (Å²) in [4.78, 5) is 4.91. The van der Waals surface area contributed by atoms with Gasteiger partial charge in [-0.3, -0.25) is 4.90 Å². The van der Waals surface area contributed by atoms with Crippen molar-refractivity contribution in [2.75, 3.05) is 46.4 Å². The molecule has 0 spiro atoms. The Morgan fingerprint density at radius 3 is 2.82 bits per heavy atom. The molecule has 17 heavy (non-hydrogen) atoms. The summed E-state index contributed by atoms with van der Waals surface area (Å²) in [5.74, 6) is 0.832. The highest BCUT2D eigenvalue weighted by Gasteiger charge is 2.20. The van der Waals surface area contributed by atoms with Gasteiger partial charge in [-0.15, -0.1) is 0 Å². The minimum atomic E-state index is 0.410. The van der Waals surface area contributed by atoms with Gasteiger partial charge in [-0.05, 0) is 38.9 Å². The molecule has 1 aliphatic rings. The third kappa shape index (κ3) is 6.39. The van der Waals surface area contributed by atoms with E-state index in [-0.39, 0.29) is 0 Å². The summed E-state index contributed by atoms with van der Waals surface area (Å²) in [6.07, 6.45) is 3.08. The largest absolute Gasteiger partial charge is 0.374 e. The molecule has 0 aromatic carbocycles. The van der Waals surface area contributed by atoms with Crippen molar-refractivity contribution in [1.82, 2.24) is 9.80 Å². The summed E-state index contributed by atoms with van der Waals surface area (Å²) < 4.78 is 5.82. The molecule has 0 radical (unpaired) electrons. The van der Waals surface area contributed by atoms with Crippen LogP contribution in [0.4, 0.5) is 0 Å². The molecule has 1 aliphatic heterocycles. The molecular formula is C14H30N2O. The summed E-state index contributed by atoms with van der Waals surface area (Å²) in [5, 5.41) is 0. The first-order chi connectivity index (χ1) is 8.11. The van der Waals surface area contributed by atoms with Gasteiger partial charge in [0.05, 0.1) is 12.7 Å². The van der Waals surface area contributed by atoms with Gasteiger partial charge < -0.3 is 9.64 Å². The fourth-order valence-electron chi connectivity index (χ4n) is 2.29. The average molecular weight is 242 g/mol. The van der Waals surface area contributed by atoms with Crippen molar-refractivity contribution in [3.8, 4) is 0 Å². The van der Waals surface area contributed by atoms with E-state index in [2.05, 4.69) is 37.6 Å². The van der Waals surface area contributed by atoms with Crippen LogP contribution >= 0.6 is 0 Å². The molecule has 1 unspecified atom stereocenters. The number of ether oxygens (including phenoxy) is 1. The molecule has 1 saturated heterocycles. The lowest BCUT2D eigenvalue weighted by Gasteiger charge is -2.34. The Kier molecular flexibility index (Phi) is 7.09. The van der Waals surface area contributed by atoms with Crippen LogP contribution in [0.2, 0.25) is 0 Å². The quantitative estimate of drug-likeness (QED) is 0.680. The summed E-state index contributed by atoms with van der Waals surface area (Å²) in [6.45, 7) is 13.4. The number of hydrogen-bond donors (Lipinski definition) is 0. The maximum atomic E-state index is 5.82. The number of nitrogens with zero attached hydrogens (tertiary/aromatic N) is 2. The van der Waals surface area contributed by atoms with Crippen molar-refractivity contribution in [2.24, 2.45) is 5.92 Å². The Balaban J connectivity index is 2.19. The van der Waals surface area contributed by atoms with Gasteiger partial charge in [-0.1, -0.05) is 20.8 Å². The fourth-order valence-corrected chi connectivity index (χ4v) is 2.29. The second-order valence-corrected chi connectivity index (χ2v) is 5.68. The molecule has 1 fully saturated rings. The topological polar surface area (TPSA) is 15.7 Å². The molecule has 0 N–H and O–H groups in total. The van der Waals surface area contributed by atoms with Crippen LogP contribution in [-0.2, 0) is 4.74 Å². The predicted octanol–water partition coefficient (Wildman–Crippen LogP) is 2.08. The third-order valence-corrected chi connectivity index (χ3v) is 3.53. The van der Waals surface area contributed by atoms with Gasteiger partial charge >= 0.3 is 0 Å². The van der Waals surface area contributed by atoms with Crippen LogP contribution in [-0.4, -0.2) is 62.3 Å². The number of hydrogen-bond acceptors (Lipinski definition) is 3. The van der Waals surface area contributed by atoms with E-state index in [1.165, 1.54) is 19.4 Å². The minimum Gasteiger partial charge on any atom is -0.374 e. The molecule has 1 atom stereocenters. The van der Waals surface area contributed by atoms with Crippen LogP contribution in [0.25, 0.3) is 0 Å². The van der Waals surface area contributed by atoms with Gasteiger partial charge in [-0.2, -0.15) is 0 Å². The molecule has 0 aliphatic carbocycles. The van der Waals surface area contributed by atoms with Crippen molar-refractivity contribution >= 4 is 0 Å². The standard InChI is InChI=1S/C14H30N2O/c1-5-15(4)11-14-12-16(9-10-17-14)8-6-7-13(2)3/h13-14H,5-12H2,1-4H3. The third-order valence-electron chi connectivity index (χ3n) is 3.53. The van der Waals surface area contributed by atoms with Gasteiger partial charge in [0.15, 0.2) is 0 Å². The predicted molar refractivity (Wildman–Crippen MR) is 73.4 cm³/mol. The number of likely N-dealkylation sites (N-methyl/N-ethyl adjacent to an activating group) is 1. The lowest BCUT2D eigenvalue weighted by Crippen LogP contribution is -2.47. The molecule has 102 valence electrons. The van der Waals surface area contributed by atoms with E-state index in [0.717, 1.165) is 38.7 Å². The van der Waals surface area contributed by atoms with Gasteiger partial charge in [0.25, 0.3) is 0 Å². The van der Waals surface area contributed by atoms with E-state index in [4.69, 9.17) is 4.74 Å². The van der Waals surface area contributed by atoms with Gasteiger partial charge in [0, 0.05) is 19.6 Å². The summed E-state index contributed by atoms with van der Waals surface area (Å²) in [7, 11) is 2.17. The molecule has 3 nitrogen and oxygen atoms in total. The highest BCUT2D eigenvalue weighted by molar-refractivity contribution is 4.73. The molecule has 0 aromatic rings. The molecule has 0 bridgehead atoms. The normalized spacial score (nSPS) is 22.6. The fraction of sp³-hybridized carbons (Fsp3) is 1.00. The molecular weight excluding hydrogens is 212 g/mol. The van der Waals surface area contributed by atoms with Gasteiger partial charge in [-0.25, -0.2) is 0 Å². The highest BCUT2D eigenvalue weighted by Crippen LogP contribution is 2.10. The zero-order valence-electron chi connectivity index (χ0n) is 12.1. The Morgan fingerprint density at radius 2 is 2.18 bits per heavy atom. The molecule has 1 rings (SSSR count). The first-order valence-electron chi connectivity index (χ1n) is 7.14. The monoisotopic (exact) mass is 242 g/mol. The Morgan fingerprint density at radius 1 is 1.41 bits per heavy atom. The zero-order valence-corrected chi connectivity index (χ0v) is 12.1. The van der Waals surface area contributed by atoms with Crippen LogP contribution in [0, 0.1) is 5.92 Å². The summed E-state index contributed by atoms with van der Waals surface area (Å²) >= 11 is 0. The zero-order chi connectivity index (χ0) is 12.7. The highest BCUT2D eigenvalue weighted by atomic mass is 16.5. The van der Waals surface area contributed by atoms with Crippen LogP contribution in [0.5, 0.6) is 0 Å². The SMILES string of the molecule is CCN(C)CC1CN(CCCC(C)C)CCO1. The first-order valence-corrected chi connectivity index (χ1v) is 7.14. The minimum absolute atomic E-state index is 0.410. The first kappa shape index (κ1) is 14.9. The number of morpholine rings is 1. The molecule has 0 saturated carbocycles. The van der Waals surface area contributed by atoms with Crippen LogP contribution < -0.4 is 0 Å². The average Bonchev–Trinajstić information content (AvgIpc) is 2.29. The molecule has 0 aromatic heterocycles. The van der Waals surface area contributed by atoms with E-state index in [1.54, 1.807) is 0 Å². The van der Waals surface area contributed by atoms with Crippen molar-refractivity contribution in [1.29, 1.82) is 0 Å². The van der Waals surface area contributed by atoms with Crippen LogP contribution in [0.15, 0.2) is 0 Å². The summed E-state index contributed by atoms with van der Waals surface area (Å²) in [6, 6.07) is 0. The van der Waals surface area contributed by atoms with E-state index >= 15 is 0 Å². The Labute approximate surface area is 107 Å². The Hall–Kier alpha value is -0.120. The van der Waals surface area contributed by atoms with Gasteiger partial charge in [0.1, 0.15) is 0 Å². The van der Waals surface area contributed by atoms with Crippen molar-refractivity contribution in [3.63, 3.8) is 0 Å². The van der Waals surface area contributed by atoms with E-state index in [1.807, 2.05) is 0 Å². The van der Waals surface area contributed by atoms with Crippen molar-refractivity contribution < 1.29 is 4.74 Å². The Bertz CT molecular complexity index is 197. The molecule has 1 heterocycles. The second-order valence-electron chi connectivity index (χ2n) is 5.68. The van der Waals surface area contributed by atoms with Gasteiger partial charge in [0.2, 0.25) is 0 Å². The van der Waals surface area contributed by atoms with E-state index < -0.39 is 0 Å². The lowest BCUT2D eigenvalue weighted by molar-refractivity contribution is -0.0404. The molecule has 0 amide bonds. The lowest BCUT2D eigenvalue weighted by atomic mass is 10.1. The van der Waals surface area contributed by atoms with Crippen molar-refractivity contribution in [3.05, 3.63) is 0 Å². The molecule has 3 heteroatoms. The van der Waals surface area contributed by atoms with Crippen LogP contribution in [0.1, 0.15) is 33.6 Å². The maximum absolute atomic E-state index is 5.82. The van der Waals surface area contributed by atoms with E-state index in [0.29, 0.717) is 6.10 Å². The van der Waals surface area contributed by atoms with Crippen molar-refractivity contribution in [2.45, 2.75) is 39.7 Å².